The standard InChI is InChI=1S/C13H13ClN2O/c14-12-2-1-11(8-15)13(7-12)16-5-3-10(9-17)4-6-16/h1-2,7,9-10H,3-6H2. The lowest BCUT2D eigenvalue weighted by Crippen LogP contribution is -2.34. The van der Waals surface area contributed by atoms with Crippen LogP contribution in [-0.4, -0.2) is 19.4 Å². The fourth-order valence-electron chi connectivity index (χ4n) is 2.14. The predicted molar refractivity (Wildman–Crippen MR) is 67.2 cm³/mol. The molecule has 1 aliphatic heterocycles. The molecule has 1 aliphatic rings. The molecular formula is C13H13ClN2O. The van der Waals surface area contributed by atoms with E-state index in [2.05, 4.69) is 11.0 Å². The molecule has 0 N–H and O–H groups in total. The zero-order valence-electron chi connectivity index (χ0n) is 9.40. The molecule has 0 radical (unpaired) electrons. The molecule has 4 heteroatoms. The van der Waals surface area contributed by atoms with Gasteiger partial charge in [0.25, 0.3) is 0 Å². The van der Waals surface area contributed by atoms with Crippen molar-refractivity contribution >= 4 is 23.6 Å². The van der Waals surface area contributed by atoms with Crippen LogP contribution in [0.15, 0.2) is 18.2 Å². The molecule has 0 bridgehead atoms. The number of carbonyl (C=O) groups excluding carboxylic acids is 1. The number of rotatable bonds is 2. The summed E-state index contributed by atoms with van der Waals surface area (Å²) >= 11 is 5.96. The summed E-state index contributed by atoms with van der Waals surface area (Å²) in [6.07, 6.45) is 2.72. The minimum absolute atomic E-state index is 0.163. The Kier molecular flexibility index (Phi) is 3.65. The van der Waals surface area contributed by atoms with Crippen LogP contribution in [0.5, 0.6) is 0 Å². The molecule has 2 rings (SSSR count). The Morgan fingerprint density at radius 2 is 2.12 bits per heavy atom. The van der Waals surface area contributed by atoms with E-state index >= 15 is 0 Å². The first-order valence-electron chi connectivity index (χ1n) is 5.64. The minimum Gasteiger partial charge on any atom is -0.370 e. The number of hydrogen-bond acceptors (Lipinski definition) is 3. The number of anilines is 1. The van der Waals surface area contributed by atoms with Gasteiger partial charge in [0.15, 0.2) is 0 Å². The van der Waals surface area contributed by atoms with Crippen molar-refractivity contribution in [2.45, 2.75) is 12.8 Å². The van der Waals surface area contributed by atoms with Crippen molar-refractivity contribution in [1.29, 1.82) is 5.26 Å². The normalized spacial score (nSPS) is 16.6. The van der Waals surface area contributed by atoms with E-state index in [-0.39, 0.29) is 5.92 Å². The molecule has 1 fully saturated rings. The molecule has 3 nitrogen and oxygen atoms in total. The van der Waals surface area contributed by atoms with Gasteiger partial charge < -0.3 is 9.69 Å². The lowest BCUT2D eigenvalue weighted by atomic mass is 9.97. The molecule has 0 unspecified atom stereocenters. The third-order valence-corrected chi connectivity index (χ3v) is 3.39. The van der Waals surface area contributed by atoms with Crippen LogP contribution in [0.25, 0.3) is 0 Å². The fraction of sp³-hybridized carbons (Fsp3) is 0.385. The Labute approximate surface area is 106 Å². The number of nitriles is 1. The van der Waals surface area contributed by atoms with Gasteiger partial charge >= 0.3 is 0 Å². The highest BCUT2D eigenvalue weighted by atomic mass is 35.5. The molecule has 1 heterocycles. The molecule has 0 aromatic heterocycles. The summed E-state index contributed by atoms with van der Waals surface area (Å²) in [5, 5.41) is 9.70. The Morgan fingerprint density at radius 1 is 1.41 bits per heavy atom. The lowest BCUT2D eigenvalue weighted by Gasteiger charge is -2.32. The summed E-state index contributed by atoms with van der Waals surface area (Å²) in [5.41, 5.74) is 1.52. The van der Waals surface area contributed by atoms with Crippen molar-refractivity contribution in [2.75, 3.05) is 18.0 Å². The summed E-state index contributed by atoms with van der Waals surface area (Å²) in [7, 11) is 0. The van der Waals surface area contributed by atoms with Crippen LogP contribution in [-0.2, 0) is 4.79 Å². The zero-order valence-corrected chi connectivity index (χ0v) is 10.2. The topological polar surface area (TPSA) is 44.1 Å². The second-order valence-electron chi connectivity index (χ2n) is 4.23. The van der Waals surface area contributed by atoms with Crippen molar-refractivity contribution in [3.63, 3.8) is 0 Å². The first kappa shape index (κ1) is 11.9. The van der Waals surface area contributed by atoms with Gasteiger partial charge in [-0.15, -0.1) is 0 Å². The van der Waals surface area contributed by atoms with Gasteiger partial charge in [0.05, 0.1) is 11.3 Å². The van der Waals surface area contributed by atoms with Crippen LogP contribution in [0.1, 0.15) is 18.4 Å². The molecule has 1 aromatic carbocycles. The number of nitrogens with zero attached hydrogens (tertiary/aromatic N) is 2. The number of carbonyl (C=O) groups is 1. The number of piperidine rings is 1. The van der Waals surface area contributed by atoms with Gasteiger partial charge in [0.1, 0.15) is 12.4 Å². The van der Waals surface area contributed by atoms with E-state index in [0.29, 0.717) is 10.6 Å². The van der Waals surface area contributed by atoms with Crippen LogP contribution in [0.2, 0.25) is 5.02 Å². The van der Waals surface area contributed by atoms with Crippen LogP contribution < -0.4 is 4.90 Å². The van der Waals surface area contributed by atoms with Gasteiger partial charge in [0, 0.05) is 24.0 Å². The largest absolute Gasteiger partial charge is 0.370 e. The molecule has 0 spiro atoms. The van der Waals surface area contributed by atoms with Crippen LogP contribution in [0.4, 0.5) is 5.69 Å². The highest BCUT2D eigenvalue weighted by molar-refractivity contribution is 6.30. The third kappa shape index (κ3) is 2.59. The maximum Gasteiger partial charge on any atom is 0.123 e. The minimum atomic E-state index is 0.163. The van der Waals surface area contributed by atoms with E-state index in [1.54, 1.807) is 12.1 Å². The van der Waals surface area contributed by atoms with Gasteiger partial charge in [-0.25, -0.2) is 0 Å². The molecule has 0 saturated carbocycles. The molecule has 17 heavy (non-hydrogen) atoms. The van der Waals surface area contributed by atoms with Crippen molar-refractivity contribution < 1.29 is 4.79 Å². The molecular weight excluding hydrogens is 236 g/mol. The summed E-state index contributed by atoms with van der Waals surface area (Å²) in [4.78, 5) is 12.8. The molecule has 1 aromatic rings. The number of benzene rings is 1. The van der Waals surface area contributed by atoms with Crippen molar-refractivity contribution in [3.05, 3.63) is 28.8 Å². The summed E-state index contributed by atoms with van der Waals surface area (Å²) in [5.74, 6) is 0.163. The van der Waals surface area contributed by atoms with E-state index in [0.717, 1.165) is 37.9 Å². The smallest absolute Gasteiger partial charge is 0.123 e. The summed E-state index contributed by atoms with van der Waals surface area (Å²) in [6.45, 7) is 1.61. The Bertz CT molecular complexity index is 459. The lowest BCUT2D eigenvalue weighted by molar-refractivity contribution is -0.111. The Balaban J connectivity index is 2.20. The highest BCUT2D eigenvalue weighted by Crippen LogP contribution is 2.28. The molecule has 0 amide bonds. The SMILES string of the molecule is N#Cc1ccc(Cl)cc1N1CCC(C=O)CC1. The Morgan fingerprint density at radius 3 is 2.71 bits per heavy atom. The van der Waals surface area contributed by atoms with Gasteiger partial charge in [-0.2, -0.15) is 5.26 Å². The summed E-state index contributed by atoms with van der Waals surface area (Å²) < 4.78 is 0. The van der Waals surface area contributed by atoms with Crippen LogP contribution in [0, 0.1) is 17.2 Å². The maximum atomic E-state index is 10.7. The van der Waals surface area contributed by atoms with Gasteiger partial charge in [-0.05, 0) is 31.0 Å². The van der Waals surface area contributed by atoms with E-state index < -0.39 is 0 Å². The Hall–Kier alpha value is -1.53. The second-order valence-corrected chi connectivity index (χ2v) is 4.67. The maximum absolute atomic E-state index is 10.7. The monoisotopic (exact) mass is 248 g/mol. The van der Waals surface area contributed by atoms with Gasteiger partial charge in [0.2, 0.25) is 0 Å². The van der Waals surface area contributed by atoms with Crippen LogP contribution >= 0.6 is 11.6 Å². The molecule has 88 valence electrons. The van der Waals surface area contributed by atoms with Crippen molar-refractivity contribution in [2.24, 2.45) is 5.92 Å². The average molecular weight is 249 g/mol. The molecule has 1 saturated heterocycles. The van der Waals surface area contributed by atoms with E-state index in [4.69, 9.17) is 16.9 Å². The van der Waals surface area contributed by atoms with E-state index in [1.165, 1.54) is 0 Å². The van der Waals surface area contributed by atoms with E-state index in [1.807, 2.05) is 6.07 Å². The van der Waals surface area contributed by atoms with Gasteiger partial charge in [-0.3, -0.25) is 0 Å². The first-order valence-corrected chi connectivity index (χ1v) is 6.02. The average Bonchev–Trinajstić information content (AvgIpc) is 2.39. The molecule has 0 aliphatic carbocycles. The predicted octanol–water partition coefficient (Wildman–Crippen LogP) is 2.63. The van der Waals surface area contributed by atoms with Crippen molar-refractivity contribution in [3.8, 4) is 6.07 Å². The molecule has 0 atom stereocenters. The third-order valence-electron chi connectivity index (χ3n) is 3.15. The van der Waals surface area contributed by atoms with Crippen LogP contribution in [0.3, 0.4) is 0 Å². The zero-order chi connectivity index (χ0) is 12.3. The number of halogens is 1. The number of aldehydes is 1. The van der Waals surface area contributed by atoms with Gasteiger partial charge in [-0.1, -0.05) is 11.6 Å². The fourth-order valence-corrected chi connectivity index (χ4v) is 2.30. The quantitative estimate of drug-likeness (QED) is 0.756. The summed E-state index contributed by atoms with van der Waals surface area (Å²) in [6, 6.07) is 7.46. The first-order chi connectivity index (χ1) is 8.24. The highest BCUT2D eigenvalue weighted by Gasteiger charge is 2.20. The second kappa shape index (κ2) is 5.20. The van der Waals surface area contributed by atoms with E-state index in [9.17, 15) is 4.79 Å². The number of hydrogen-bond donors (Lipinski definition) is 0. The van der Waals surface area contributed by atoms with Crippen molar-refractivity contribution in [1.82, 2.24) is 0 Å².